The Bertz CT molecular complexity index is 1210. The third-order valence-corrected chi connectivity index (χ3v) is 10.8. The number of ether oxygens (including phenoxy) is 4. The average Bonchev–Trinajstić information content (AvgIpc) is 3.94. The summed E-state index contributed by atoms with van der Waals surface area (Å²) in [6.07, 6.45) is 22.3. The molecular formula is C48H98O14S. The predicted octanol–water partition coefficient (Wildman–Crippen LogP) is 9.33. The van der Waals surface area contributed by atoms with Gasteiger partial charge < -0.3 is 39.4 Å². The molecule has 0 spiro atoms. The molecule has 6 aliphatic rings. The highest BCUT2D eigenvalue weighted by Gasteiger charge is 2.35. The molecule has 0 aromatic carbocycles. The number of hydrogen-bond acceptors (Lipinski definition) is 14. The van der Waals surface area contributed by atoms with Gasteiger partial charge in [0, 0.05) is 59.2 Å². The summed E-state index contributed by atoms with van der Waals surface area (Å²) < 4.78 is 45.6. The van der Waals surface area contributed by atoms with E-state index in [1.54, 1.807) is 0 Å². The van der Waals surface area contributed by atoms with E-state index < -0.39 is 32.5 Å². The third kappa shape index (κ3) is 42.7. The molecule has 14 nitrogen and oxygen atoms in total. The molecule has 2 heterocycles. The van der Waals surface area contributed by atoms with Crippen LogP contribution in [-0.2, 0) is 47.6 Å². The van der Waals surface area contributed by atoms with Crippen LogP contribution in [0.5, 0.6) is 0 Å². The Labute approximate surface area is 385 Å². The van der Waals surface area contributed by atoms with Gasteiger partial charge >= 0.3 is 11.9 Å². The Kier molecular flexibility index (Phi) is 38.2. The summed E-state index contributed by atoms with van der Waals surface area (Å²) in [7, 11) is -3.35. The number of aliphatic hydroxyl groups is 4. The first-order valence-corrected chi connectivity index (χ1v) is 24.3. The summed E-state index contributed by atoms with van der Waals surface area (Å²) in [6, 6.07) is 0. The topological polar surface area (TPSA) is 212 Å². The maximum atomic E-state index is 11.4. The Morgan fingerprint density at radius 1 is 0.603 bits per heavy atom. The second-order valence-electron chi connectivity index (χ2n) is 18.9. The minimum Gasteiger partial charge on any atom is -0.460 e. The number of esters is 2. The molecule has 0 amide bonds. The Hall–Kier alpha value is -1.72. The number of carbonyl (C=O) groups is 3. The quantitative estimate of drug-likeness (QED) is 0.132. The second kappa shape index (κ2) is 35.5. The van der Waals surface area contributed by atoms with Gasteiger partial charge in [0.15, 0.2) is 0 Å². The lowest BCUT2D eigenvalue weighted by Gasteiger charge is -2.25. The minimum atomic E-state index is -3.35. The van der Waals surface area contributed by atoms with Crippen molar-refractivity contribution in [2.24, 2.45) is 0 Å². The van der Waals surface area contributed by atoms with E-state index in [0.29, 0.717) is 18.6 Å². The van der Waals surface area contributed by atoms with Gasteiger partial charge in [-0.25, -0.2) is 0 Å². The lowest BCUT2D eigenvalue weighted by molar-refractivity contribution is -0.160. The van der Waals surface area contributed by atoms with Crippen LogP contribution in [0.25, 0.3) is 0 Å². The van der Waals surface area contributed by atoms with Crippen molar-refractivity contribution in [1.82, 2.24) is 0 Å². The molecule has 15 heteroatoms. The fourth-order valence-electron chi connectivity index (χ4n) is 7.23. The first-order valence-electron chi connectivity index (χ1n) is 22.5. The van der Waals surface area contributed by atoms with Gasteiger partial charge in [-0.2, -0.15) is 8.42 Å². The van der Waals surface area contributed by atoms with E-state index in [1.165, 1.54) is 32.6 Å². The summed E-state index contributed by atoms with van der Waals surface area (Å²) in [5.74, 6) is -0.0607. The van der Waals surface area contributed by atoms with Crippen LogP contribution in [-0.4, -0.2) is 120 Å². The molecule has 63 heavy (non-hydrogen) atoms. The van der Waals surface area contributed by atoms with Gasteiger partial charge in [-0.3, -0.25) is 18.6 Å². The van der Waals surface area contributed by atoms with Crippen LogP contribution in [0.3, 0.4) is 0 Å². The van der Waals surface area contributed by atoms with Crippen LogP contribution in [0.2, 0.25) is 0 Å². The van der Waals surface area contributed by atoms with E-state index in [-0.39, 0.29) is 59.5 Å². The number of carbonyl (C=O) groups excluding carboxylic acids is 3. The molecule has 4 saturated carbocycles. The van der Waals surface area contributed by atoms with Gasteiger partial charge in [-0.1, -0.05) is 60.8 Å². The van der Waals surface area contributed by atoms with Gasteiger partial charge in [-0.15, -0.1) is 0 Å². The number of aliphatic hydroxyl groups excluding tert-OH is 1. The molecule has 6 fully saturated rings. The van der Waals surface area contributed by atoms with Crippen molar-refractivity contribution in [2.45, 2.75) is 246 Å². The summed E-state index contributed by atoms with van der Waals surface area (Å²) in [5, 5.41) is 37.8. The van der Waals surface area contributed by atoms with Crippen molar-refractivity contribution in [3.63, 3.8) is 0 Å². The Morgan fingerprint density at radius 3 is 1.19 bits per heavy atom. The molecule has 4 aliphatic carbocycles. The van der Waals surface area contributed by atoms with Gasteiger partial charge in [0.25, 0.3) is 10.1 Å². The number of rotatable bonds is 8. The first kappa shape index (κ1) is 67.9. The maximum Gasteiger partial charge on any atom is 0.309 e. The molecule has 0 aromatic rings. The van der Waals surface area contributed by atoms with Gasteiger partial charge in [0.05, 0.1) is 36.1 Å². The smallest absolute Gasteiger partial charge is 0.309 e. The van der Waals surface area contributed by atoms with Crippen molar-refractivity contribution < 1.29 is 66.4 Å². The largest absolute Gasteiger partial charge is 0.460 e. The molecule has 380 valence electrons. The van der Waals surface area contributed by atoms with E-state index in [1.807, 2.05) is 41.5 Å². The van der Waals surface area contributed by atoms with Crippen LogP contribution in [0.15, 0.2) is 0 Å². The second-order valence-corrected chi connectivity index (χ2v) is 20.5. The molecule has 0 atom stereocenters. The molecule has 4 N–H and O–H groups in total. The predicted molar refractivity (Wildman–Crippen MR) is 253 cm³/mol. The fraction of sp³-hybridized carbons (Fsp3) is 0.938. The fourth-order valence-corrected chi connectivity index (χ4v) is 7.62. The van der Waals surface area contributed by atoms with Crippen LogP contribution in [0.4, 0.5) is 0 Å². The molecule has 0 radical (unpaired) electrons. The van der Waals surface area contributed by atoms with Crippen molar-refractivity contribution in [3.8, 4) is 0 Å². The molecular weight excluding hydrogens is 833 g/mol. The van der Waals surface area contributed by atoms with Gasteiger partial charge in [0.1, 0.15) is 17.0 Å². The van der Waals surface area contributed by atoms with E-state index in [4.69, 9.17) is 24.1 Å². The lowest BCUT2D eigenvalue weighted by atomic mass is 9.98. The maximum absolute atomic E-state index is 11.4. The van der Waals surface area contributed by atoms with E-state index in [0.717, 1.165) is 135 Å². The normalized spacial score (nSPS) is 20.0. The Balaban J connectivity index is -0.000000330. The van der Waals surface area contributed by atoms with Crippen molar-refractivity contribution in [3.05, 3.63) is 0 Å². The SMILES string of the molecule is C.C.C.C1CCOC1.C1CCOC1.CC(=O)OC(C)(C)C.CC(C)(C)OC(=O)CC1(O)CCCC1.CS(=O)(=O)OCCC1(O)CCCC1.O=C1CCCC1.OCCC1(O)CCCC1. The summed E-state index contributed by atoms with van der Waals surface area (Å²) in [4.78, 5) is 31.9. The number of ketones is 1. The van der Waals surface area contributed by atoms with Gasteiger partial charge in [0.2, 0.25) is 0 Å². The first-order chi connectivity index (χ1) is 27.8. The highest BCUT2D eigenvalue weighted by molar-refractivity contribution is 7.85. The third-order valence-electron chi connectivity index (χ3n) is 10.2. The average molecular weight is 931 g/mol. The number of Topliss-reactive ketones (excluding diaryl/α,β-unsaturated/α-hetero) is 1. The molecule has 0 unspecified atom stereocenters. The van der Waals surface area contributed by atoms with Crippen molar-refractivity contribution >= 4 is 27.8 Å². The molecule has 0 aromatic heterocycles. The zero-order valence-corrected chi connectivity index (χ0v) is 39.6. The van der Waals surface area contributed by atoms with Crippen LogP contribution < -0.4 is 0 Å². The zero-order chi connectivity index (χ0) is 45.8. The molecule has 6 rings (SSSR count). The molecule has 0 bridgehead atoms. The van der Waals surface area contributed by atoms with Gasteiger partial charge in [-0.05, 0) is 125 Å². The van der Waals surface area contributed by atoms with Crippen molar-refractivity contribution in [2.75, 3.05) is 45.9 Å². The molecule has 2 aliphatic heterocycles. The molecule has 2 saturated heterocycles. The summed E-state index contributed by atoms with van der Waals surface area (Å²) >= 11 is 0. The van der Waals surface area contributed by atoms with E-state index in [2.05, 4.69) is 4.18 Å². The van der Waals surface area contributed by atoms with Crippen LogP contribution >= 0.6 is 0 Å². The minimum absolute atomic E-state index is 0. The van der Waals surface area contributed by atoms with E-state index >= 15 is 0 Å². The van der Waals surface area contributed by atoms with Crippen LogP contribution in [0, 0.1) is 0 Å². The number of hydrogen-bond donors (Lipinski definition) is 4. The highest BCUT2D eigenvalue weighted by atomic mass is 32.2. The lowest BCUT2D eigenvalue weighted by Crippen LogP contribution is -2.32. The monoisotopic (exact) mass is 931 g/mol. The summed E-state index contributed by atoms with van der Waals surface area (Å²) in [5.41, 5.74) is -2.75. The zero-order valence-electron chi connectivity index (χ0n) is 38.8. The highest BCUT2D eigenvalue weighted by Crippen LogP contribution is 2.34. The summed E-state index contributed by atoms with van der Waals surface area (Å²) in [6.45, 7) is 16.7. The standard InChI is InChI=1S/C11H20O3.C8H16O4S.C7H14O2.C6H12O2.C5H8O.2C4H8O.3CH4/c1-10(2,3)14-9(12)8-11(13)6-4-5-7-11;1-13(10,11)12-7-6-8(9)4-2-3-5-8;8-6-5-7(9)3-1-2-4-7;1-5(7)8-6(2,3)4;6-5-3-1-2-4-5;2*1-2-4-5-3-1;;;/h13H,4-8H2,1-3H3;9H,2-7H2,1H3;8-9H,1-6H2;1-4H3;1-4H2;2*1-4H2;3*1H4. The van der Waals surface area contributed by atoms with E-state index in [9.17, 15) is 38.1 Å². The Morgan fingerprint density at radius 2 is 0.952 bits per heavy atom. The van der Waals surface area contributed by atoms with Crippen LogP contribution in [0.1, 0.15) is 218 Å². The van der Waals surface area contributed by atoms with Crippen molar-refractivity contribution in [1.29, 1.82) is 0 Å².